The van der Waals surface area contributed by atoms with E-state index in [9.17, 15) is 4.79 Å². The maximum Gasteiger partial charge on any atom is 0.325 e. The van der Waals surface area contributed by atoms with E-state index in [-0.39, 0.29) is 48.1 Å². The number of likely N-dealkylation sites (tertiary alicyclic amines) is 1. The number of epoxide rings is 1. The molecule has 1 amide bonds. The molecule has 1 spiro atoms. The third-order valence-electron chi connectivity index (χ3n) is 19.5. The molecule has 2 N–H and O–H groups in total. The van der Waals surface area contributed by atoms with Crippen molar-refractivity contribution in [3.63, 3.8) is 0 Å². The third kappa shape index (κ3) is 10.5. The standard InChI is InChI=1S/C61H80N8O9S/c1-37-38(2)50(37)61(36-78-61)64-53-55(67-33-60(34-67)13-21-74-22-14-60)56-63-48(32-79-56)41-9-10-49-45(29-41)47(30-59(4,5)35-77-58(71)52-42-27-43(28-42)69(65-52)57(53)70)54(68(49)18-25-76-44-11-19-73-20-12-44)46-26-40(31-62-51(46)39(3)72-6)8-7-15-66-16-23-75-24-17-66/h9-10,26,29,31-32,37-39,42-44,50,52-53,55,64-65H,11-25,27-28,30,33-36H2,1-6H3/t37-,38+,39-,42?,43?,50?,52-,53-,55-,61?/m0/s1. The molecule has 8 aliphatic heterocycles. The number of cyclic esters (lactones) is 1. The number of rotatable bonds is 12. The van der Waals surface area contributed by atoms with Crippen molar-refractivity contribution in [2.24, 2.45) is 34.5 Å². The lowest BCUT2D eigenvalue weighted by Gasteiger charge is -2.57. The van der Waals surface area contributed by atoms with Gasteiger partial charge in [0.25, 0.3) is 5.91 Å². The summed E-state index contributed by atoms with van der Waals surface area (Å²) in [5.74, 6) is 7.83. The number of amides is 1. The molecule has 9 fully saturated rings. The molecular weight excluding hydrogens is 1020 g/mol. The lowest BCUT2D eigenvalue weighted by Crippen LogP contribution is -2.73. The molecule has 18 heteroatoms. The minimum Gasteiger partial charge on any atom is -0.464 e. The predicted octanol–water partition coefficient (Wildman–Crippen LogP) is 6.77. The molecule has 0 radical (unpaired) electrons. The van der Waals surface area contributed by atoms with Crippen LogP contribution in [0.1, 0.15) is 107 Å². The lowest BCUT2D eigenvalue weighted by molar-refractivity contribution is -0.173. The molecule has 11 heterocycles. The summed E-state index contributed by atoms with van der Waals surface area (Å²) >= 11 is 1.63. The smallest absolute Gasteiger partial charge is 0.325 e. The summed E-state index contributed by atoms with van der Waals surface area (Å²) in [6, 6.07) is 7.15. The monoisotopic (exact) mass is 1100 g/mol. The minimum atomic E-state index is -0.705. The van der Waals surface area contributed by atoms with Gasteiger partial charge in [-0.3, -0.25) is 34.7 Å². The second kappa shape index (κ2) is 21.8. The number of nitrogens with zero attached hydrogens (tertiary/aromatic N) is 6. The number of fused-ring (bicyclic) bond motifs is 4. The summed E-state index contributed by atoms with van der Waals surface area (Å²) in [5.41, 5.74) is 10.1. The zero-order chi connectivity index (χ0) is 54.2. The number of thiazole rings is 1. The number of ether oxygens (including phenoxy) is 7. The van der Waals surface area contributed by atoms with Crippen LogP contribution >= 0.6 is 11.3 Å². The Bertz CT molecular complexity index is 2960. The average Bonchev–Trinajstić information content (AvgIpc) is 4.37. The van der Waals surface area contributed by atoms with Crippen LogP contribution in [0.2, 0.25) is 0 Å². The SMILES string of the molecule is CO[C@@H](C)c1ncc(C#CCN2CCOCC2)cc1-c1c2c3cc(ccc3n1CCOC1CCOCC1)-c1csc(n1)[C@@H](N1CC3(CCOCC3)C1)[C@H](NC1(C3[C@@H](C)[C@H]3C)CO1)C(=O)N1N[C@H](C(=O)OCC(C)(C)C2)C2CC1C2. The summed E-state index contributed by atoms with van der Waals surface area (Å²) in [6.07, 6.45) is 7.41. The highest BCUT2D eigenvalue weighted by atomic mass is 32.1. The Morgan fingerprint density at radius 2 is 1.72 bits per heavy atom. The second-order valence-corrected chi connectivity index (χ2v) is 26.2. The zero-order valence-electron chi connectivity index (χ0n) is 47.1. The van der Waals surface area contributed by atoms with Crippen molar-refractivity contribution in [2.75, 3.05) is 99.3 Å². The molecule has 79 heavy (non-hydrogen) atoms. The van der Waals surface area contributed by atoms with Gasteiger partial charge >= 0.3 is 5.97 Å². The summed E-state index contributed by atoms with van der Waals surface area (Å²) in [5, 5.41) is 9.91. The van der Waals surface area contributed by atoms with Crippen molar-refractivity contribution < 1.29 is 42.7 Å². The number of carbonyl (C=O) groups excluding carboxylic acids is 2. The third-order valence-corrected chi connectivity index (χ3v) is 20.4. The van der Waals surface area contributed by atoms with Crippen LogP contribution in [0.3, 0.4) is 0 Å². The molecule has 2 unspecified atom stereocenters. The Hall–Kier alpha value is -4.36. The van der Waals surface area contributed by atoms with Gasteiger partial charge in [-0.05, 0) is 93.4 Å². The van der Waals surface area contributed by atoms with E-state index < -0.39 is 29.3 Å². The van der Waals surface area contributed by atoms with Crippen molar-refractivity contribution in [3.05, 3.63) is 57.7 Å². The van der Waals surface area contributed by atoms with Gasteiger partial charge in [0.05, 0.1) is 74.9 Å². The molecule has 2 aliphatic carbocycles. The molecule has 17 nitrogen and oxygen atoms in total. The number of hydrogen-bond donors (Lipinski definition) is 2. The van der Waals surface area contributed by atoms with Gasteiger partial charge in [0.15, 0.2) is 0 Å². The van der Waals surface area contributed by atoms with E-state index in [1.807, 2.05) is 13.1 Å². The van der Waals surface area contributed by atoms with Gasteiger partial charge in [0, 0.05) is 128 Å². The fourth-order valence-corrected chi connectivity index (χ4v) is 15.3. The van der Waals surface area contributed by atoms with Crippen LogP contribution in [0.25, 0.3) is 33.4 Å². The summed E-state index contributed by atoms with van der Waals surface area (Å²) in [7, 11) is 1.73. The van der Waals surface area contributed by atoms with Crippen molar-refractivity contribution >= 4 is 34.1 Å². The number of methoxy groups -OCH3 is 1. The fourth-order valence-electron chi connectivity index (χ4n) is 14.3. The van der Waals surface area contributed by atoms with Gasteiger partial charge in [0.2, 0.25) is 0 Å². The van der Waals surface area contributed by atoms with E-state index in [0.717, 1.165) is 133 Å². The Morgan fingerprint density at radius 1 is 0.975 bits per heavy atom. The average molecular weight is 1100 g/mol. The largest absolute Gasteiger partial charge is 0.464 e. The molecule has 2 saturated carbocycles. The second-order valence-electron chi connectivity index (χ2n) is 25.3. The van der Waals surface area contributed by atoms with Crippen LogP contribution < -0.4 is 10.7 Å². The van der Waals surface area contributed by atoms with Crippen molar-refractivity contribution in [1.29, 1.82) is 0 Å². The van der Waals surface area contributed by atoms with Crippen LogP contribution in [0.15, 0.2) is 35.8 Å². The number of esters is 1. The first-order chi connectivity index (χ1) is 38.3. The Balaban J connectivity index is 0.958. The van der Waals surface area contributed by atoms with Crippen LogP contribution in [-0.2, 0) is 55.7 Å². The number of hydrazine groups is 1. The van der Waals surface area contributed by atoms with E-state index in [1.54, 1.807) is 23.5 Å². The minimum absolute atomic E-state index is 0.0300. The Labute approximate surface area is 469 Å². The molecule has 10 aliphatic rings. The topological polar surface area (TPSA) is 167 Å². The molecule has 424 valence electrons. The van der Waals surface area contributed by atoms with Crippen LogP contribution in [0.4, 0.5) is 0 Å². The molecule has 3 aromatic heterocycles. The molecule has 8 atom stereocenters. The molecule has 8 bridgehead atoms. The van der Waals surface area contributed by atoms with Gasteiger partial charge in [-0.25, -0.2) is 10.4 Å². The lowest BCUT2D eigenvalue weighted by atomic mass is 9.72. The highest BCUT2D eigenvalue weighted by Gasteiger charge is 2.67. The van der Waals surface area contributed by atoms with E-state index in [0.29, 0.717) is 76.9 Å². The highest BCUT2D eigenvalue weighted by molar-refractivity contribution is 7.10. The quantitative estimate of drug-likeness (QED) is 0.0867. The molecule has 4 aromatic rings. The number of carbonyl (C=O) groups is 2. The summed E-state index contributed by atoms with van der Waals surface area (Å²) in [6.45, 7) is 21.2. The number of pyridine rings is 1. The van der Waals surface area contributed by atoms with Crippen molar-refractivity contribution in [2.45, 2.75) is 128 Å². The highest BCUT2D eigenvalue weighted by Crippen LogP contribution is 2.58. The van der Waals surface area contributed by atoms with Gasteiger partial charge in [0.1, 0.15) is 22.8 Å². The number of benzene rings is 1. The van der Waals surface area contributed by atoms with E-state index >= 15 is 4.79 Å². The Kier molecular flexibility index (Phi) is 14.9. The first kappa shape index (κ1) is 53.9. The van der Waals surface area contributed by atoms with E-state index in [1.165, 1.54) is 0 Å². The molecule has 1 aromatic carbocycles. The van der Waals surface area contributed by atoms with Gasteiger partial charge in [-0.2, -0.15) is 0 Å². The molecule has 7 saturated heterocycles. The first-order valence-corrected chi connectivity index (χ1v) is 30.3. The molecule has 14 rings (SSSR count). The van der Waals surface area contributed by atoms with E-state index in [2.05, 4.69) is 94.3 Å². The maximum atomic E-state index is 15.8. The fraction of sp³-hybridized carbons (Fsp3) is 0.672. The molecular formula is C61H80N8O9S. The summed E-state index contributed by atoms with van der Waals surface area (Å²) in [4.78, 5) is 46.1. The maximum absolute atomic E-state index is 15.8. The normalized spacial score (nSPS) is 32.1. The number of hydrogen-bond acceptors (Lipinski definition) is 16. The van der Waals surface area contributed by atoms with Gasteiger partial charge < -0.3 is 37.7 Å². The Morgan fingerprint density at radius 3 is 2.46 bits per heavy atom. The number of morpholine rings is 1. The van der Waals surface area contributed by atoms with Crippen molar-refractivity contribution in [3.8, 4) is 34.4 Å². The van der Waals surface area contributed by atoms with E-state index in [4.69, 9.17) is 43.1 Å². The van der Waals surface area contributed by atoms with Crippen LogP contribution in [0.5, 0.6) is 0 Å². The van der Waals surface area contributed by atoms with Gasteiger partial charge in [-0.1, -0.05) is 45.6 Å². The zero-order valence-corrected chi connectivity index (χ0v) is 47.9. The van der Waals surface area contributed by atoms with Crippen LogP contribution in [0, 0.1) is 46.3 Å². The number of nitrogens with one attached hydrogen (secondary N) is 2. The number of aromatic nitrogens is 3. The summed E-state index contributed by atoms with van der Waals surface area (Å²) < 4.78 is 45.4. The first-order valence-electron chi connectivity index (χ1n) is 29.4. The van der Waals surface area contributed by atoms with Gasteiger partial charge in [-0.15, -0.1) is 11.3 Å². The predicted molar refractivity (Wildman–Crippen MR) is 299 cm³/mol. The van der Waals surface area contributed by atoms with Crippen molar-refractivity contribution in [1.82, 2.24) is 40.1 Å². The van der Waals surface area contributed by atoms with Crippen LogP contribution in [-0.4, -0.2) is 170 Å².